The summed E-state index contributed by atoms with van der Waals surface area (Å²) in [6, 6.07) is 0. The van der Waals surface area contributed by atoms with Gasteiger partial charge < -0.3 is 9.84 Å². The summed E-state index contributed by atoms with van der Waals surface area (Å²) in [6.45, 7) is 8.12. The van der Waals surface area contributed by atoms with Crippen LogP contribution in [-0.2, 0) is 14.3 Å². The maximum atomic E-state index is 12.0. The Bertz CT molecular complexity index is 465. The molecular weight excluding hydrogens is 256 g/mol. The quantitative estimate of drug-likeness (QED) is 0.634. The molecular formula is C16H24O4. The lowest BCUT2D eigenvalue weighted by atomic mass is 9.64. The molecule has 0 bridgehead atoms. The molecule has 2 rings (SSSR count). The third kappa shape index (κ3) is 2.10. The molecule has 0 heterocycles. The summed E-state index contributed by atoms with van der Waals surface area (Å²) in [5.41, 5.74) is 1.13. The smallest absolute Gasteiger partial charge is 0.294 e. The average Bonchev–Trinajstić information content (AvgIpc) is 2.66. The standard InChI is InChI=1S/C16H24O4/c1-10(2)12-5-6-15(4)8-14(19)16(11(3)18,20-9-17)7-13(12)15/h9-10,14,19H,5-8H2,1-4H3/t14-,15-,16+/m1/s1. The van der Waals surface area contributed by atoms with E-state index in [0.29, 0.717) is 18.8 Å². The van der Waals surface area contributed by atoms with Gasteiger partial charge in [0.2, 0.25) is 0 Å². The van der Waals surface area contributed by atoms with Crippen molar-refractivity contribution in [2.24, 2.45) is 11.3 Å². The second-order valence-corrected chi connectivity index (χ2v) is 6.78. The van der Waals surface area contributed by atoms with E-state index < -0.39 is 11.7 Å². The molecule has 20 heavy (non-hydrogen) atoms. The first-order valence-electron chi connectivity index (χ1n) is 7.30. The van der Waals surface area contributed by atoms with Gasteiger partial charge in [0.25, 0.3) is 6.47 Å². The van der Waals surface area contributed by atoms with E-state index in [0.717, 1.165) is 12.8 Å². The fraction of sp³-hybridized carbons (Fsp3) is 0.750. The molecule has 1 fully saturated rings. The molecule has 0 radical (unpaired) electrons. The number of rotatable bonds is 4. The number of Topliss-reactive ketones (excluding diaryl/α,β-unsaturated/α-hetero) is 1. The topological polar surface area (TPSA) is 63.6 Å². The molecule has 3 atom stereocenters. The maximum Gasteiger partial charge on any atom is 0.294 e. The number of aliphatic hydroxyl groups excluding tert-OH is 1. The number of allylic oxidation sites excluding steroid dienone is 1. The number of fused-ring (bicyclic) bond motifs is 1. The minimum Gasteiger partial charge on any atom is -0.450 e. The van der Waals surface area contributed by atoms with Crippen LogP contribution in [0.5, 0.6) is 0 Å². The van der Waals surface area contributed by atoms with Crippen LogP contribution in [0.4, 0.5) is 0 Å². The van der Waals surface area contributed by atoms with E-state index in [9.17, 15) is 14.7 Å². The zero-order chi connectivity index (χ0) is 15.1. The maximum absolute atomic E-state index is 12.0. The third-order valence-corrected chi connectivity index (χ3v) is 5.24. The Hall–Kier alpha value is -1.16. The van der Waals surface area contributed by atoms with Crippen LogP contribution in [-0.4, -0.2) is 29.1 Å². The second-order valence-electron chi connectivity index (χ2n) is 6.78. The molecule has 4 heteroatoms. The van der Waals surface area contributed by atoms with Crippen molar-refractivity contribution in [1.82, 2.24) is 0 Å². The van der Waals surface area contributed by atoms with E-state index in [4.69, 9.17) is 4.74 Å². The van der Waals surface area contributed by atoms with Crippen LogP contribution < -0.4 is 0 Å². The number of hydrogen-bond acceptors (Lipinski definition) is 4. The highest BCUT2D eigenvalue weighted by atomic mass is 16.6. The highest BCUT2D eigenvalue weighted by Gasteiger charge is 2.56. The molecule has 2 aliphatic rings. The van der Waals surface area contributed by atoms with Gasteiger partial charge in [-0.2, -0.15) is 0 Å². The lowest BCUT2D eigenvalue weighted by Crippen LogP contribution is -2.56. The molecule has 0 aromatic heterocycles. The molecule has 4 nitrogen and oxygen atoms in total. The van der Waals surface area contributed by atoms with Crippen LogP contribution in [0.1, 0.15) is 53.4 Å². The highest BCUT2D eigenvalue weighted by Crippen LogP contribution is 2.56. The second kappa shape index (κ2) is 4.99. The molecule has 0 spiro atoms. The van der Waals surface area contributed by atoms with E-state index in [-0.39, 0.29) is 17.7 Å². The average molecular weight is 280 g/mol. The van der Waals surface area contributed by atoms with Crippen molar-refractivity contribution in [3.05, 3.63) is 11.1 Å². The van der Waals surface area contributed by atoms with Crippen molar-refractivity contribution in [2.75, 3.05) is 0 Å². The van der Waals surface area contributed by atoms with Gasteiger partial charge in [-0.15, -0.1) is 0 Å². The molecule has 0 amide bonds. The number of ketones is 1. The number of ether oxygens (including phenoxy) is 1. The lowest BCUT2D eigenvalue weighted by Gasteiger charge is -2.46. The van der Waals surface area contributed by atoms with Crippen molar-refractivity contribution in [2.45, 2.75) is 65.1 Å². The summed E-state index contributed by atoms with van der Waals surface area (Å²) >= 11 is 0. The normalized spacial score (nSPS) is 37.0. The Morgan fingerprint density at radius 3 is 2.65 bits per heavy atom. The van der Waals surface area contributed by atoms with E-state index >= 15 is 0 Å². The van der Waals surface area contributed by atoms with Crippen molar-refractivity contribution in [1.29, 1.82) is 0 Å². The van der Waals surface area contributed by atoms with Crippen LogP contribution in [0.2, 0.25) is 0 Å². The minimum atomic E-state index is -1.39. The molecule has 0 aliphatic heterocycles. The summed E-state index contributed by atoms with van der Waals surface area (Å²) in [6.07, 6.45) is 1.90. The Balaban J connectivity index is 2.48. The minimum absolute atomic E-state index is 0.0653. The van der Waals surface area contributed by atoms with Crippen molar-refractivity contribution in [3.8, 4) is 0 Å². The molecule has 0 aromatic carbocycles. The van der Waals surface area contributed by atoms with Gasteiger partial charge in [0.1, 0.15) is 6.10 Å². The van der Waals surface area contributed by atoms with Gasteiger partial charge in [-0.05, 0) is 37.5 Å². The highest BCUT2D eigenvalue weighted by molar-refractivity contribution is 5.87. The molecule has 1 saturated carbocycles. The summed E-state index contributed by atoms with van der Waals surface area (Å²) < 4.78 is 5.11. The first-order valence-corrected chi connectivity index (χ1v) is 7.30. The van der Waals surface area contributed by atoms with Crippen LogP contribution >= 0.6 is 0 Å². The number of carbonyl (C=O) groups is 2. The van der Waals surface area contributed by atoms with Gasteiger partial charge in [0.05, 0.1) is 0 Å². The van der Waals surface area contributed by atoms with E-state index in [1.54, 1.807) is 0 Å². The van der Waals surface area contributed by atoms with Crippen molar-refractivity contribution >= 4 is 12.3 Å². The van der Waals surface area contributed by atoms with Crippen molar-refractivity contribution < 1.29 is 19.4 Å². The van der Waals surface area contributed by atoms with E-state index in [2.05, 4.69) is 20.8 Å². The predicted molar refractivity (Wildman–Crippen MR) is 75.0 cm³/mol. The third-order valence-electron chi connectivity index (χ3n) is 5.24. The van der Waals surface area contributed by atoms with Gasteiger partial charge >= 0.3 is 0 Å². The van der Waals surface area contributed by atoms with Gasteiger partial charge in [0.15, 0.2) is 11.4 Å². The summed E-state index contributed by atoms with van der Waals surface area (Å²) in [4.78, 5) is 22.8. The number of aliphatic hydroxyl groups is 1. The molecule has 0 aromatic rings. The SMILES string of the molecule is CC(=O)[C@@]1(OC=O)CC2=C(C(C)C)CC[C@]2(C)C[C@H]1O. The van der Waals surface area contributed by atoms with Gasteiger partial charge in [-0.25, -0.2) is 0 Å². The fourth-order valence-corrected chi connectivity index (χ4v) is 3.91. The van der Waals surface area contributed by atoms with Crippen LogP contribution in [0.25, 0.3) is 0 Å². The predicted octanol–water partition coefficient (Wildman–Crippen LogP) is 2.39. The fourth-order valence-electron chi connectivity index (χ4n) is 3.91. The number of hydrogen-bond donors (Lipinski definition) is 1. The molecule has 1 N–H and O–H groups in total. The van der Waals surface area contributed by atoms with Gasteiger partial charge in [-0.1, -0.05) is 31.9 Å². The van der Waals surface area contributed by atoms with E-state index in [1.165, 1.54) is 18.1 Å². The van der Waals surface area contributed by atoms with Crippen molar-refractivity contribution in [3.63, 3.8) is 0 Å². The lowest BCUT2D eigenvalue weighted by molar-refractivity contribution is -0.175. The van der Waals surface area contributed by atoms with Crippen LogP contribution in [0.15, 0.2) is 11.1 Å². The Labute approximate surface area is 120 Å². The Kier molecular flexibility index (Phi) is 3.80. The Morgan fingerprint density at radius 2 is 2.15 bits per heavy atom. The van der Waals surface area contributed by atoms with Crippen LogP contribution in [0.3, 0.4) is 0 Å². The molecule has 112 valence electrons. The summed E-state index contributed by atoms with van der Waals surface area (Å²) in [5.74, 6) is 0.143. The van der Waals surface area contributed by atoms with Gasteiger partial charge in [0, 0.05) is 6.42 Å². The zero-order valence-electron chi connectivity index (χ0n) is 12.7. The molecule has 0 unspecified atom stereocenters. The first kappa shape index (κ1) is 15.2. The first-order chi connectivity index (χ1) is 9.27. The Morgan fingerprint density at radius 1 is 1.50 bits per heavy atom. The monoisotopic (exact) mass is 280 g/mol. The largest absolute Gasteiger partial charge is 0.450 e. The number of carbonyl (C=O) groups excluding carboxylic acids is 2. The molecule has 0 saturated heterocycles. The van der Waals surface area contributed by atoms with Crippen LogP contribution in [0, 0.1) is 11.3 Å². The summed E-state index contributed by atoms with van der Waals surface area (Å²) in [7, 11) is 0. The van der Waals surface area contributed by atoms with Gasteiger partial charge in [-0.3, -0.25) is 9.59 Å². The zero-order valence-corrected chi connectivity index (χ0v) is 12.7. The summed E-state index contributed by atoms with van der Waals surface area (Å²) in [5, 5.41) is 10.4. The molecule has 2 aliphatic carbocycles. The van der Waals surface area contributed by atoms with E-state index in [1.807, 2.05) is 0 Å².